The number of anilines is 1. The van der Waals surface area contributed by atoms with Crippen LogP contribution in [0, 0.1) is 24.0 Å². The number of carbonyl (C=O) groups excluding carboxylic acids is 2. The van der Waals surface area contributed by atoms with Crippen LogP contribution in [0.3, 0.4) is 0 Å². The van der Waals surface area contributed by atoms with Crippen molar-refractivity contribution in [2.75, 3.05) is 5.32 Å². The van der Waals surface area contributed by atoms with Crippen molar-refractivity contribution in [2.45, 2.75) is 26.9 Å². The summed E-state index contributed by atoms with van der Waals surface area (Å²) in [5.74, 6) is -1.16. The molecule has 0 fully saturated rings. The Kier molecular flexibility index (Phi) is 4.93. The Labute approximate surface area is 136 Å². The molecule has 1 atom stereocenters. The number of amides is 1. The van der Waals surface area contributed by atoms with E-state index in [9.17, 15) is 19.7 Å². The van der Waals surface area contributed by atoms with E-state index in [2.05, 4.69) is 10.5 Å². The van der Waals surface area contributed by atoms with Gasteiger partial charge in [-0.05, 0) is 26.8 Å². The number of rotatable bonds is 5. The summed E-state index contributed by atoms with van der Waals surface area (Å²) in [5.41, 5.74) is 0.270. The lowest BCUT2D eigenvalue weighted by atomic mass is 10.2. The van der Waals surface area contributed by atoms with E-state index >= 15 is 0 Å². The van der Waals surface area contributed by atoms with Crippen molar-refractivity contribution < 1.29 is 23.8 Å². The van der Waals surface area contributed by atoms with E-state index in [1.54, 1.807) is 19.9 Å². The van der Waals surface area contributed by atoms with Crippen LogP contribution in [0.2, 0.25) is 0 Å². The van der Waals surface area contributed by atoms with Crippen molar-refractivity contribution in [3.05, 3.63) is 51.4 Å². The van der Waals surface area contributed by atoms with Gasteiger partial charge in [-0.3, -0.25) is 14.9 Å². The molecule has 1 unspecified atom stereocenters. The van der Waals surface area contributed by atoms with E-state index in [1.807, 2.05) is 0 Å². The highest BCUT2D eigenvalue weighted by atomic mass is 16.6. The van der Waals surface area contributed by atoms with Gasteiger partial charge in [-0.2, -0.15) is 0 Å². The summed E-state index contributed by atoms with van der Waals surface area (Å²) in [5, 5.41) is 16.9. The molecule has 0 saturated carbocycles. The maximum atomic E-state index is 12.1. The molecule has 2 aromatic rings. The highest BCUT2D eigenvalue weighted by molar-refractivity contribution is 5.99. The molecule has 0 aliphatic heterocycles. The zero-order valence-electron chi connectivity index (χ0n) is 13.2. The summed E-state index contributed by atoms with van der Waals surface area (Å²) in [7, 11) is 0. The molecule has 0 aliphatic carbocycles. The smallest absolute Gasteiger partial charge is 0.344 e. The molecule has 2 rings (SSSR count). The highest BCUT2D eigenvalue weighted by Gasteiger charge is 2.25. The van der Waals surface area contributed by atoms with Crippen LogP contribution in [0.15, 0.2) is 28.8 Å². The van der Waals surface area contributed by atoms with Crippen LogP contribution in [0.1, 0.15) is 28.7 Å². The Morgan fingerprint density at radius 2 is 2.00 bits per heavy atom. The molecule has 1 amide bonds. The minimum Gasteiger partial charge on any atom is -0.449 e. The maximum absolute atomic E-state index is 12.1. The number of aryl methyl sites for hydroxylation is 2. The summed E-state index contributed by atoms with van der Waals surface area (Å²) >= 11 is 0. The van der Waals surface area contributed by atoms with Crippen LogP contribution in [0.25, 0.3) is 0 Å². The van der Waals surface area contributed by atoms with Gasteiger partial charge in [0.2, 0.25) is 0 Å². The monoisotopic (exact) mass is 333 g/mol. The van der Waals surface area contributed by atoms with Crippen LogP contribution in [0.4, 0.5) is 11.4 Å². The number of nitro groups is 1. The van der Waals surface area contributed by atoms with E-state index in [0.29, 0.717) is 5.69 Å². The molecule has 24 heavy (non-hydrogen) atoms. The van der Waals surface area contributed by atoms with E-state index in [-0.39, 0.29) is 22.7 Å². The Bertz CT molecular complexity index is 779. The van der Waals surface area contributed by atoms with Gasteiger partial charge in [0.15, 0.2) is 6.10 Å². The molecule has 0 saturated heterocycles. The lowest BCUT2D eigenvalue weighted by Gasteiger charge is -2.13. The van der Waals surface area contributed by atoms with Crippen LogP contribution < -0.4 is 5.32 Å². The number of para-hydroxylation sites is 2. The van der Waals surface area contributed by atoms with Gasteiger partial charge in [0.05, 0.1) is 10.6 Å². The number of nitrogens with zero attached hydrogens (tertiary/aromatic N) is 2. The minimum absolute atomic E-state index is 0.0211. The maximum Gasteiger partial charge on any atom is 0.344 e. The molecule has 0 aliphatic rings. The minimum atomic E-state index is -1.16. The number of hydrogen-bond donors (Lipinski definition) is 1. The summed E-state index contributed by atoms with van der Waals surface area (Å²) in [6.07, 6.45) is -1.16. The lowest BCUT2D eigenvalue weighted by Crippen LogP contribution is -2.30. The second-order valence-corrected chi connectivity index (χ2v) is 5.01. The number of hydrogen-bond acceptors (Lipinski definition) is 7. The molecule has 0 spiro atoms. The first-order chi connectivity index (χ1) is 11.3. The molecular formula is C15H15N3O6. The van der Waals surface area contributed by atoms with Gasteiger partial charge >= 0.3 is 5.97 Å². The van der Waals surface area contributed by atoms with Crippen LogP contribution >= 0.6 is 0 Å². The normalized spacial score (nSPS) is 11.6. The molecule has 0 bridgehead atoms. The van der Waals surface area contributed by atoms with Crippen molar-refractivity contribution in [1.82, 2.24) is 5.16 Å². The third kappa shape index (κ3) is 3.57. The molecule has 126 valence electrons. The first-order valence-corrected chi connectivity index (χ1v) is 6.99. The molecule has 1 aromatic heterocycles. The fourth-order valence-electron chi connectivity index (χ4n) is 2.02. The van der Waals surface area contributed by atoms with Crippen molar-refractivity contribution in [3.8, 4) is 0 Å². The van der Waals surface area contributed by atoms with Gasteiger partial charge in [0.25, 0.3) is 11.6 Å². The second kappa shape index (κ2) is 6.90. The molecule has 9 nitrogen and oxygen atoms in total. The molecule has 1 heterocycles. The van der Waals surface area contributed by atoms with Crippen molar-refractivity contribution in [2.24, 2.45) is 0 Å². The fourth-order valence-corrected chi connectivity index (χ4v) is 2.02. The average molecular weight is 333 g/mol. The van der Waals surface area contributed by atoms with Gasteiger partial charge in [0, 0.05) is 6.07 Å². The third-order valence-electron chi connectivity index (χ3n) is 3.25. The first kappa shape index (κ1) is 17.1. The number of nitrogens with one attached hydrogen (secondary N) is 1. The van der Waals surface area contributed by atoms with E-state index in [0.717, 1.165) is 0 Å². The van der Waals surface area contributed by atoms with Gasteiger partial charge in [-0.15, -0.1) is 0 Å². The SMILES string of the molecule is Cc1noc(C)c1C(=O)OC(C)C(=O)Nc1ccccc1[N+](=O)[O-]. The average Bonchev–Trinajstić information content (AvgIpc) is 2.86. The van der Waals surface area contributed by atoms with Crippen molar-refractivity contribution >= 4 is 23.3 Å². The van der Waals surface area contributed by atoms with E-state index < -0.39 is 22.9 Å². The Morgan fingerprint density at radius 1 is 1.33 bits per heavy atom. The summed E-state index contributed by atoms with van der Waals surface area (Å²) in [4.78, 5) is 34.5. The van der Waals surface area contributed by atoms with Crippen LogP contribution in [-0.4, -0.2) is 28.1 Å². The van der Waals surface area contributed by atoms with Crippen molar-refractivity contribution in [3.63, 3.8) is 0 Å². The van der Waals surface area contributed by atoms with Gasteiger partial charge in [-0.25, -0.2) is 4.79 Å². The van der Waals surface area contributed by atoms with Crippen LogP contribution in [-0.2, 0) is 9.53 Å². The van der Waals surface area contributed by atoms with Gasteiger partial charge < -0.3 is 14.6 Å². The predicted molar refractivity (Wildman–Crippen MR) is 82.6 cm³/mol. The number of carbonyl (C=O) groups is 2. The Hall–Kier alpha value is -3.23. The first-order valence-electron chi connectivity index (χ1n) is 6.99. The standard InChI is InChI=1S/C15H15N3O6/c1-8-13(9(2)24-17-8)15(20)23-10(3)14(19)16-11-6-4-5-7-12(11)18(21)22/h4-7,10H,1-3H3,(H,16,19). The topological polar surface area (TPSA) is 125 Å². The number of benzene rings is 1. The molecule has 1 N–H and O–H groups in total. The van der Waals surface area contributed by atoms with Crippen molar-refractivity contribution in [1.29, 1.82) is 0 Å². The van der Waals surface area contributed by atoms with E-state index in [4.69, 9.17) is 9.26 Å². The van der Waals surface area contributed by atoms with Crippen LogP contribution in [0.5, 0.6) is 0 Å². The third-order valence-corrected chi connectivity index (χ3v) is 3.25. The number of esters is 1. The second-order valence-electron chi connectivity index (χ2n) is 5.01. The molecule has 0 radical (unpaired) electrons. The summed E-state index contributed by atoms with van der Waals surface area (Å²) in [6.45, 7) is 4.49. The highest BCUT2D eigenvalue weighted by Crippen LogP contribution is 2.23. The summed E-state index contributed by atoms with van der Waals surface area (Å²) in [6, 6.07) is 5.67. The number of ether oxygens (including phenoxy) is 1. The predicted octanol–water partition coefficient (Wildman–Crippen LogP) is 2.38. The number of aromatic nitrogens is 1. The zero-order chi connectivity index (χ0) is 17.9. The Balaban J connectivity index is 2.08. The fraction of sp³-hybridized carbons (Fsp3) is 0.267. The van der Waals surface area contributed by atoms with Gasteiger partial charge in [-0.1, -0.05) is 17.3 Å². The summed E-state index contributed by atoms with van der Waals surface area (Å²) < 4.78 is 9.94. The Morgan fingerprint density at radius 3 is 2.58 bits per heavy atom. The lowest BCUT2D eigenvalue weighted by molar-refractivity contribution is -0.383. The quantitative estimate of drug-likeness (QED) is 0.506. The zero-order valence-corrected chi connectivity index (χ0v) is 13.2. The largest absolute Gasteiger partial charge is 0.449 e. The number of nitro benzene ring substituents is 1. The molecule has 1 aromatic carbocycles. The molecular weight excluding hydrogens is 318 g/mol. The molecule has 9 heteroatoms. The van der Waals surface area contributed by atoms with Gasteiger partial charge in [0.1, 0.15) is 17.0 Å². The van der Waals surface area contributed by atoms with E-state index in [1.165, 1.54) is 25.1 Å².